The fraction of sp³-hybridized carbons (Fsp3) is 0.174. The molecule has 1 atom stereocenters. The molecular weight excluding hydrogens is 472 g/mol. The molecule has 1 aromatic heterocycles. The van der Waals surface area contributed by atoms with Crippen molar-refractivity contribution in [2.24, 2.45) is 5.10 Å². The van der Waals surface area contributed by atoms with E-state index in [1.54, 1.807) is 37.3 Å². The summed E-state index contributed by atoms with van der Waals surface area (Å²) in [6.07, 6.45) is -0.150. The second-order valence-electron chi connectivity index (χ2n) is 7.14. The predicted octanol–water partition coefficient (Wildman–Crippen LogP) is 2.91. The van der Waals surface area contributed by atoms with E-state index in [0.717, 1.165) is 6.07 Å². The average Bonchev–Trinajstić information content (AvgIpc) is 2.85. The fourth-order valence-electron chi connectivity index (χ4n) is 3.03. The molecule has 3 N–H and O–H groups in total. The van der Waals surface area contributed by atoms with Crippen LogP contribution in [0.15, 0.2) is 52.4 Å². The van der Waals surface area contributed by atoms with Crippen molar-refractivity contribution < 1.29 is 24.3 Å². The van der Waals surface area contributed by atoms with Gasteiger partial charge in [-0.2, -0.15) is 10.4 Å². The van der Waals surface area contributed by atoms with E-state index < -0.39 is 28.2 Å². The van der Waals surface area contributed by atoms with Crippen molar-refractivity contribution in [3.63, 3.8) is 0 Å². The smallest absolute Gasteiger partial charge is 0.344 e. The van der Waals surface area contributed by atoms with Gasteiger partial charge in [0.2, 0.25) is 11.7 Å². The van der Waals surface area contributed by atoms with Gasteiger partial charge in [0.1, 0.15) is 11.6 Å². The number of hydrogen-bond acceptors (Lipinski definition) is 10. The van der Waals surface area contributed by atoms with Crippen LogP contribution in [0.2, 0.25) is 0 Å². The van der Waals surface area contributed by atoms with Gasteiger partial charge in [-0.15, -0.1) is 0 Å². The van der Waals surface area contributed by atoms with Crippen LogP contribution < -0.4 is 20.5 Å². The van der Waals surface area contributed by atoms with Crippen molar-refractivity contribution in [2.45, 2.75) is 20.0 Å². The van der Waals surface area contributed by atoms with Crippen molar-refractivity contribution in [1.29, 1.82) is 5.26 Å². The van der Waals surface area contributed by atoms with Crippen LogP contribution >= 0.6 is 0 Å². The van der Waals surface area contributed by atoms with Crippen molar-refractivity contribution in [3.05, 3.63) is 74.1 Å². The van der Waals surface area contributed by atoms with Gasteiger partial charge < -0.3 is 14.6 Å². The minimum Gasteiger partial charge on any atom is -0.490 e. The summed E-state index contributed by atoms with van der Waals surface area (Å²) in [7, 11) is 0. The number of nitrogens with one attached hydrogen (secondary N) is 2. The summed E-state index contributed by atoms with van der Waals surface area (Å²) in [5.74, 6) is -1.74. The first-order chi connectivity index (χ1) is 17.2. The molecule has 0 spiro atoms. The first-order valence-corrected chi connectivity index (χ1v) is 10.5. The van der Waals surface area contributed by atoms with E-state index in [4.69, 9.17) is 14.6 Å². The highest BCUT2D eigenvalue weighted by atomic mass is 16.6. The number of aromatic nitrogens is 2. The van der Waals surface area contributed by atoms with Crippen LogP contribution in [-0.2, 0) is 4.79 Å². The van der Waals surface area contributed by atoms with Gasteiger partial charge in [0, 0.05) is 17.2 Å². The van der Waals surface area contributed by atoms with Crippen LogP contribution in [0, 0.1) is 21.4 Å². The van der Waals surface area contributed by atoms with Crippen LogP contribution in [0.1, 0.15) is 25.0 Å². The number of hydrazone groups is 1. The van der Waals surface area contributed by atoms with E-state index in [0.29, 0.717) is 5.56 Å². The van der Waals surface area contributed by atoms with Crippen LogP contribution in [0.3, 0.4) is 0 Å². The van der Waals surface area contributed by atoms with Gasteiger partial charge in [-0.1, -0.05) is 30.3 Å². The molecule has 2 aromatic carbocycles. The summed E-state index contributed by atoms with van der Waals surface area (Å²) in [6.45, 7) is 3.01. The quantitative estimate of drug-likeness (QED) is 0.215. The molecule has 13 nitrogen and oxygen atoms in total. The summed E-state index contributed by atoms with van der Waals surface area (Å²) < 4.78 is 10.7. The van der Waals surface area contributed by atoms with E-state index in [9.17, 15) is 25.0 Å². The number of ether oxygens (including phenoxy) is 2. The SMILES string of the molecule is CCOc1cc(C=NNc2nc(-c3ccccc3)c(C#N)c(=O)[nH]2)cc([N+](=O)[O-])c1OC(C)C(=O)O. The zero-order valence-corrected chi connectivity index (χ0v) is 19.1. The molecule has 0 aliphatic rings. The van der Waals surface area contributed by atoms with E-state index in [-0.39, 0.29) is 40.9 Å². The summed E-state index contributed by atoms with van der Waals surface area (Å²) >= 11 is 0. The number of benzene rings is 2. The molecule has 0 saturated carbocycles. The Balaban J connectivity index is 1.95. The Morgan fingerprint density at radius 3 is 2.72 bits per heavy atom. The minimum atomic E-state index is -1.36. The topological polar surface area (TPSA) is 193 Å². The maximum Gasteiger partial charge on any atom is 0.344 e. The lowest BCUT2D eigenvalue weighted by Crippen LogP contribution is -2.23. The monoisotopic (exact) mass is 492 g/mol. The third-order valence-corrected chi connectivity index (χ3v) is 4.66. The Bertz CT molecular complexity index is 1410. The average molecular weight is 492 g/mol. The number of nitrogens with zero attached hydrogens (tertiary/aromatic N) is 4. The summed E-state index contributed by atoms with van der Waals surface area (Å²) in [4.78, 5) is 41.1. The Labute approximate surface area is 203 Å². The Kier molecular flexibility index (Phi) is 7.93. The molecule has 1 unspecified atom stereocenters. The number of H-pyrrole nitrogens is 1. The maximum atomic E-state index is 12.4. The van der Waals surface area contributed by atoms with Gasteiger partial charge in [0.25, 0.3) is 5.56 Å². The predicted molar refractivity (Wildman–Crippen MR) is 128 cm³/mol. The largest absolute Gasteiger partial charge is 0.490 e. The van der Waals surface area contributed by atoms with E-state index >= 15 is 0 Å². The van der Waals surface area contributed by atoms with Crippen molar-refractivity contribution in [1.82, 2.24) is 9.97 Å². The number of nitriles is 1. The normalized spacial score (nSPS) is 11.5. The Morgan fingerprint density at radius 1 is 1.39 bits per heavy atom. The molecule has 0 aliphatic heterocycles. The molecule has 0 aliphatic carbocycles. The second-order valence-corrected chi connectivity index (χ2v) is 7.14. The van der Waals surface area contributed by atoms with E-state index in [1.807, 2.05) is 6.07 Å². The lowest BCUT2D eigenvalue weighted by atomic mass is 10.1. The Hall–Kier alpha value is -5.25. The van der Waals surface area contributed by atoms with Gasteiger partial charge in [0.05, 0.1) is 23.4 Å². The van der Waals surface area contributed by atoms with Crippen molar-refractivity contribution in [3.8, 4) is 28.8 Å². The highest BCUT2D eigenvalue weighted by Gasteiger charge is 2.26. The van der Waals surface area contributed by atoms with E-state index in [1.165, 1.54) is 19.2 Å². The molecule has 0 bridgehead atoms. The molecule has 0 saturated heterocycles. The lowest BCUT2D eigenvalue weighted by Gasteiger charge is -2.15. The van der Waals surface area contributed by atoms with E-state index in [2.05, 4.69) is 20.5 Å². The third kappa shape index (κ3) is 5.81. The van der Waals surface area contributed by atoms with Crippen molar-refractivity contribution in [2.75, 3.05) is 12.0 Å². The molecular formula is C23H20N6O7. The van der Waals surface area contributed by atoms with Gasteiger partial charge in [0.15, 0.2) is 11.9 Å². The molecule has 13 heteroatoms. The lowest BCUT2D eigenvalue weighted by molar-refractivity contribution is -0.386. The standard InChI is InChI=1S/C23H20N6O7/c1-3-35-18-10-14(9-17(29(33)34)20(18)36-13(2)22(31)32)12-25-28-23-26-19(15-7-5-4-6-8-15)16(11-24)21(30)27-23/h4-10,12-13H,3H2,1-2H3,(H,31,32)(H2,26,27,28,30). The first-order valence-electron chi connectivity index (χ1n) is 10.5. The summed E-state index contributed by atoms with van der Waals surface area (Å²) in [5, 5.41) is 34.1. The number of nitro groups is 1. The number of anilines is 1. The molecule has 0 radical (unpaired) electrons. The van der Waals surface area contributed by atoms with Gasteiger partial charge >= 0.3 is 11.7 Å². The Morgan fingerprint density at radius 2 is 2.11 bits per heavy atom. The molecule has 36 heavy (non-hydrogen) atoms. The van der Waals surface area contributed by atoms with Crippen molar-refractivity contribution >= 4 is 23.8 Å². The van der Waals surface area contributed by atoms with Gasteiger partial charge in [-0.3, -0.25) is 19.9 Å². The molecule has 0 amide bonds. The highest BCUT2D eigenvalue weighted by Crippen LogP contribution is 2.39. The van der Waals surface area contributed by atoms with Crippen LogP contribution in [0.25, 0.3) is 11.3 Å². The molecule has 184 valence electrons. The molecule has 3 rings (SSSR count). The number of rotatable bonds is 10. The maximum absolute atomic E-state index is 12.4. The molecule has 3 aromatic rings. The van der Waals surface area contributed by atoms with Crippen LogP contribution in [0.4, 0.5) is 11.6 Å². The van der Waals surface area contributed by atoms with Gasteiger partial charge in [-0.25, -0.2) is 15.2 Å². The number of hydrogen-bond donors (Lipinski definition) is 3. The minimum absolute atomic E-state index is 0.0440. The van der Waals surface area contributed by atoms with Crippen LogP contribution in [0.5, 0.6) is 11.5 Å². The molecule has 1 heterocycles. The van der Waals surface area contributed by atoms with Crippen LogP contribution in [-0.4, -0.2) is 44.9 Å². The highest BCUT2D eigenvalue weighted by molar-refractivity contribution is 5.84. The zero-order valence-electron chi connectivity index (χ0n) is 19.1. The van der Waals surface area contributed by atoms with Gasteiger partial charge in [-0.05, 0) is 19.9 Å². The molecule has 0 fully saturated rings. The summed E-state index contributed by atoms with van der Waals surface area (Å²) in [5.41, 5.74) is 2.09. The number of carboxylic acid groups (broad SMARTS) is 1. The number of nitro benzene ring substituents is 1. The summed E-state index contributed by atoms with van der Waals surface area (Å²) in [6, 6.07) is 13.0. The number of carboxylic acids is 1. The number of carbonyl (C=O) groups is 1. The fourth-order valence-corrected chi connectivity index (χ4v) is 3.03. The first kappa shape index (κ1) is 25.4. The zero-order chi connectivity index (χ0) is 26.2. The number of aromatic amines is 1. The third-order valence-electron chi connectivity index (χ3n) is 4.66. The number of aliphatic carboxylic acids is 1. The second kappa shape index (κ2) is 11.3.